The first-order valence-electron chi connectivity index (χ1n) is 4.33. The third-order valence-electron chi connectivity index (χ3n) is 2.02. The molecule has 0 saturated heterocycles. The molecule has 1 heterocycles. The summed E-state index contributed by atoms with van der Waals surface area (Å²) < 4.78 is 15.0. The zero-order chi connectivity index (χ0) is 11.7. The second-order valence-electron chi connectivity index (χ2n) is 3.01. The summed E-state index contributed by atoms with van der Waals surface area (Å²) in [6, 6.07) is 5.90. The zero-order valence-corrected chi connectivity index (χ0v) is 9.48. The number of aromatic carboxylic acids is 1. The van der Waals surface area contributed by atoms with Crippen molar-refractivity contribution in [2.45, 2.75) is 0 Å². The second-order valence-corrected chi connectivity index (χ2v) is 3.86. The van der Waals surface area contributed by atoms with E-state index in [-0.39, 0.29) is 15.9 Å². The van der Waals surface area contributed by atoms with Gasteiger partial charge in [-0.2, -0.15) is 5.10 Å². The Labute approximate surface area is 98.4 Å². The van der Waals surface area contributed by atoms with Crippen LogP contribution >= 0.6 is 15.9 Å². The van der Waals surface area contributed by atoms with Gasteiger partial charge in [0.25, 0.3) is 0 Å². The maximum absolute atomic E-state index is 13.7. The van der Waals surface area contributed by atoms with Gasteiger partial charge in [0.2, 0.25) is 0 Å². The summed E-state index contributed by atoms with van der Waals surface area (Å²) in [4.78, 5) is 10.9. The van der Waals surface area contributed by atoms with Crippen LogP contribution in [0.5, 0.6) is 0 Å². The molecule has 82 valence electrons. The summed E-state index contributed by atoms with van der Waals surface area (Å²) in [6.07, 6.45) is 1.31. The number of halogens is 2. The van der Waals surface area contributed by atoms with Crippen molar-refractivity contribution in [3.8, 4) is 5.69 Å². The molecular formula is C10H6BrFN2O2. The van der Waals surface area contributed by atoms with Crippen molar-refractivity contribution in [1.29, 1.82) is 0 Å². The van der Waals surface area contributed by atoms with Crippen LogP contribution < -0.4 is 0 Å². The Kier molecular flexibility index (Phi) is 2.74. The Bertz CT molecular complexity index is 554. The molecule has 0 saturated carbocycles. The third-order valence-corrected chi connectivity index (χ3v) is 2.63. The van der Waals surface area contributed by atoms with Gasteiger partial charge in [0.1, 0.15) is 5.69 Å². The van der Waals surface area contributed by atoms with Crippen LogP contribution in [0.4, 0.5) is 4.39 Å². The molecule has 0 aliphatic rings. The quantitative estimate of drug-likeness (QED) is 0.922. The predicted molar refractivity (Wildman–Crippen MR) is 58.2 cm³/mol. The first-order valence-corrected chi connectivity index (χ1v) is 5.12. The summed E-state index contributed by atoms with van der Waals surface area (Å²) in [5.74, 6) is -1.70. The van der Waals surface area contributed by atoms with Gasteiger partial charge in [-0.25, -0.2) is 13.9 Å². The fraction of sp³-hybridized carbons (Fsp3) is 0. The number of benzene rings is 1. The van der Waals surface area contributed by atoms with Crippen molar-refractivity contribution in [1.82, 2.24) is 9.78 Å². The number of aromatic nitrogens is 2. The van der Waals surface area contributed by atoms with Crippen molar-refractivity contribution in [2.75, 3.05) is 0 Å². The summed E-state index contributed by atoms with van der Waals surface area (Å²) in [5.41, 5.74) is 0.00813. The van der Waals surface area contributed by atoms with E-state index in [9.17, 15) is 9.18 Å². The van der Waals surface area contributed by atoms with Crippen LogP contribution in [0.15, 0.2) is 34.9 Å². The molecule has 0 fully saturated rings. The van der Waals surface area contributed by atoms with Gasteiger partial charge in [0.05, 0.1) is 10.7 Å². The fourth-order valence-electron chi connectivity index (χ4n) is 1.31. The van der Waals surface area contributed by atoms with Crippen molar-refractivity contribution in [2.24, 2.45) is 0 Å². The highest BCUT2D eigenvalue weighted by molar-refractivity contribution is 9.10. The molecule has 6 heteroatoms. The molecule has 4 nitrogen and oxygen atoms in total. The van der Waals surface area contributed by atoms with Crippen LogP contribution in [0.3, 0.4) is 0 Å². The first-order chi connectivity index (χ1) is 7.61. The number of hydrogen-bond donors (Lipinski definition) is 1. The molecule has 0 aliphatic carbocycles. The zero-order valence-electron chi connectivity index (χ0n) is 7.89. The third kappa shape index (κ3) is 1.71. The van der Waals surface area contributed by atoms with Crippen molar-refractivity contribution >= 4 is 21.9 Å². The summed E-state index contributed by atoms with van der Waals surface area (Å²) >= 11 is 3.03. The molecule has 0 spiro atoms. The van der Waals surface area contributed by atoms with Gasteiger partial charge < -0.3 is 5.11 Å². The molecule has 2 rings (SSSR count). The van der Waals surface area contributed by atoms with Crippen LogP contribution in [0.1, 0.15) is 10.5 Å². The van der Waals surface area contributed by atoms with Crippen molar-refractivity contribution in [3.63, 3.8) is 0 Å². The van der Waals surface area contributed by atoms with Crippen LogP contribution in [-0.4, -0.2) is 20.9 Å². The average molecular weight is 285 g/mol. The predicted octanol–water partition coefficient (Wildman–Crippen LogP) is 2.47. The van der Waals surface area contributed by atoms with Crippen LogP contribution in [-0.2, 0) is 0 Å². The molecule has 0 amide bonds. The fourth-order valence-corrected chi connectivity index (χ4v) is 1.67. The molecule has 0 aliphatic heterocycles. The number of carboxylic acid groups (broad SMARTS) is 1. The van der Waals surface area contributed by atoms with Gasteiger partial charge in [-0.05, 0) is 34.1 Å². The highest BCUT2D eigenvalue weighted by atomic mass is 79.9. The Morgan fingerprint density at radius 2 is 2.19 bits per heavy atom. The van der Waals surface area contributed by atoms with E-state index < -0.39 is 11.8 Å². The molecule has 0 unspecified atom stereocenters. The van der Waals surface area contributed by atoms with E-state index >= 15 is 0 Å². The minimum Gasteiger partial charge on any atom is -0.477 e. The topological polar surface area (TPSA) is 55.1 Å². The van der Waals surface area contributed by atoms with E-state index in [0.717, 1.165) is 4.68 Å². The van der Waals surface area contributed by atoms with Gasteiger partial charge in [0, 0.05) is 0 Å². The monoisotopic (exact) mass is 284 g/mol. The summed E-state index contributed by atoms with van der Waals surface area (Å²) in [5, 5.41) is 12.7. The van der Waals surface area contributed by atoms with E-state index in [4.69, 9.17) is 5.11 Å². The highest BCUT2D eigenvalue weighted by Gasteiger charge is 2.15. The van der Waals surface area contributed by atoms with Crippen molar-refractivity contribution in [3.05, 3.63) is 46.4 Å². The summed E-state index contributed by atoms with van der Waals surface area (Å²) in [6.45, 7) is 0. The Balaban J connectivity index is 2.63. The Morgan fingerprint density at radius 3 is 2.88 bits per heavy atom. The molecule has 2 aromatic rings. The normalized spacial score (nSPS) is 10.4. The maximum Gasteiger partial charge on any atom is 0.354 e. The second kappa shape index (κ2) is 4.05. The van der Waals surface area contributed by atoms with Crippen molar-refractivity contribution < 1.29 is 14.3 Å². The van der Waals surface area contributed by atoms with Crippen LogP contribution in [0.25, 0.3) is 5.69 Å². The number of hydrogen-bond acceptors (Lipinski definition) is 2. The minimum absolute atomic E-state index is 0.0861. The largest absolute Gasteiger partial charge is 0.477 e. The Morgan fingerprint density at radius 1 is 1.44 bits per heavy atom. The van der Waals surface area contributed by atoms with Gasteiger partial charge in [-0.3, -0.25) is 0 Å². The molecular weight excluding hydrogens is 279 g/mol. The van der Waals surface area contributed by atoms with E-state index in [1.165, 1.54) is 24.4 Å². The lowest BCUT2D eigenvalue weighted by Gasteiger charge is -2.06. The number of nitrogens with zero attached hydrogens (tertiary/aromatic N) is 2. The smallest absolute Gasteiger partial charge is 0.354 e. The molecule has 0 atom stereocenters. The molecule has 0 bridgehead atoms. The molecule has 16 heavy (non-hydrogen) atoms. The SMILES string of the molecule is O=C(O)c1ccnn1-c1cccc(Br)c1F. The summed E-state index contributed by atoms with van der Waals surface area (Å²) in [7, 11) is 0. The van der Waals surface area contributed by atoms with E-state index in [1.807, 2.05) is 0 Å². The lowest BCUT2D eigenvalue weighted by molar-refractivity contribution is 0.0687. The molecule has 1 N–H and O–H groups in total. The van der Waals surface area contributed by atoms with Gasteiger partial charge >= 0.3 is 5.97 Å². The molecule has 0 radical (unpaired) electrons. The number of carbonyl (C=O) groups is 1. The van der Waals surface area contributed by atoms with Crippen LogP contribution in [0, 0.1) is 5.82 Å². The van der Waals surface area contributed by atoms with Gasteiger partial charge in [-0.1, -0.05) is 6.07 Å². The van der Waals surface area contributed by atoms with Gasteiger partial charge in [0.15, 0.2) is 11.5 Å². The maximum atomic E-state index is 13.7. The number of carboxylic acids is 1. The average Bonchev–Trinajstić information content (AvgIpc) is 2.70. The minimum atomic E-state index is -1.16. The van der Waals surface area contributed by atoms with E-state index in [1.54, 1.807) is 6.07 Å². The standard InChI is InChI=1S/C10H6BrFN2O2/c11-6-2-1-3-7(9(6)12)14-8(10(15)16)4-5-13-14/h1-5H,(H,15,16). The Hall–Kier alpha value is -1.69. The highest BCUT2D eigenvalue weighted by Crippen LogP contribution is 2.22. The molecule has 1 aromatic heterocycles. The lowest BCUT2D eigenvalue weighted by atomic mass is 10.3. The first kappa shape index (κ1) is 10.8. The van der Waals surface area contributed by atoms with Crippen LogP contribution in [0.2, 0.25) is 0 Å². The van der Waals surface area contributed by atoms with E-state index in [0.29, 0.717) is 0 Å². The lowest BCUT2D eigenvalue weighted by Crippen LogP contribution is -2.09. The van der Waals surface area contributed by atoms with E-state index in [2.05, 4.69) is 21.0 Å². The number of rotatable bonds is 2. The van der Waals surface area contributed by atoms with Gasteiger partial charge in [-0.15, -0.1) is 0 Å². The molecule has 1 aromatic carbocycles.